The lowest BCUT2D eigenvalue weighted by Gasteiger charge is -2.19. The molecule has 0 aliphatic carbocycles. The first-order valence-electron chi connectivity index (χ1n) is 7.86. The molecule has 0 saturated carbocycles. The fourth-order valence-corrected chi connectivity index (χ4v) is 4.47. The minimum Gasteiger partial charge on any atom is -0.308 e. The first-order chi connectivity index (χ1) is 11.9. The molecule has 25 heavy (non-hydrogen) atoms. The Bertz CT molecular complexity index is 924. The van der Waals surface area contributed by atoms with Gasteiger partial charge in [-0.25, -0.2) is 12.7 Å². The van der Waals surface area contributed by atoms with Crippen molar-refractivity contribution < 1.29 is 13.2 Å². The number of fused-ring (bicyclic) bond motifs is 1. The molecule has 0 N–H and O–H groups in total. The number of sulfonamides is 1. The number of carbonyl (C=O) groups is 1. The average molecular weight is 377 g/mol. The highest BCUT2D eigenvalue weighted by atomic mass is 32.2. The molecular weight excluding hydrogens is 356 g/mol. The van der Waals surface area contributed by atoms with Crippen molar-refractivity contribution in [3.05, 3.63) is 53.6 Å². The summed E-state index contributed by atoms with van der Waals surface area (Å²) < 4.78 is 25.8. The fourth-order valence-electron chi connectivity index (χ4n) is 2.93. The molecule has 2 aromatic carbocycles. The van der Waals surface area contributed by atoms with E-state index in [9.17, 15) is 13.2 Å². The Labute approximate surface area is 152 Å². The Kier molecular flexibility index (Phi) is 4.90. The van der Waals surface area contributed by atoms with Crippen LogP contribution < -0.4 is 4.90 Å². The molecule has 0 atom stereocenters. The molecular formula is C18H20N2O3S2. The minimum absolute atomic E-state index is 0.0492. The van der Waals surface area contributed by atoms with Crippen molar-refractivity contribution in [2.24, 2.45) is 0 Å². The van der Waals surface area contributed by atoms with Crippen LogP contribution in [0.25, 0.3) is 0 Å². The van der Waals surface area contributed by atoms with Crippen molar-refractivity contribution in [2.45, 2.75) is 16.2 Å². The molecule has 5 nitrogen and oxygen atoms in total. The van der Waals surface area contributed by atoms with Crippen molar-refractivity contribution in [3.63, 3.8) is 0 Å². The highest BCUT2D eigenvalue weighted by Gasteiger charge is 2.28. The zero-order chi connectivity index (χ0) is 18.2. The number of benzene rings is 2. The second kappa shape index (κ2) is 6.82. The van der Waals surface area contributed by atoms with E-state index in [1.807, 2.05) is 30.5 Å². The van der Waals surface area contributed by atoms with Gasteiger partial charge in [-0.15, -0.1) is 11.8 Å². The Hall–Kier alpha value is -1.83. The summed E-state index contributed by atoms with van der Waals surface area (Å²) in [6.07, 6.45) is 2.60. The van der Waals surface area contributed by atoms with E-state index in [1.165, 1.54) is 18.4 Å². The average Bonchev–Trinajstić information content (AvgIpc) is 3.04. The smallest absolute Gasteiger partial charge is 0.259 e. The van der Waals surface area contributed by atoms with Gasteiger partial charge < -0.3 is 4.90 Å². The zero-order valence-electron chi connectivity index (χ0n) is 14.4. The monoisotopic (exact) mass is 376 g/mol. The summed E-state index contributed by atoms with van der Waals surface area (Å²) in [5.74, 6) is -0.0492. The molecule has 0 spiro atoms. The summed E-state index contributed by atoms with van der Waals surface area (Å²) >= 11 is 1.54. The van der Waals surface area contributed by atoms with Gasteiger partial charge in [-0.05, 0) is 48.6 Å². The van der Waals surface area contributed by atoms with Crippen LogP contribution in [-0.2, 0) is 16.4 Å². The summed E-state index contributed by atoms with van der Waals surface area (Å²) in [5.41, 5.74) is 2.35. The lowest BCUT2D eigenvalue weighted by Crippen LogP contribution is -2.29. The topological polar surface area (TPSA) is 57.7 Å². The van der Waals surface area contributed by atoms with Crippen LogP contribution in [-0.4, -0.2) is 45.5 Å². The van der Waals surface area contributed by atoms with E-state index in [-0.39, 0.29) is 10.8 Å². The first kappa shape index (κ1) is 18.0. The van der Waals surface area contributed by atoms with Gasteiger partial charge >= 0.3 is 0 Å². The first-order valence-corrected chi connectivity index (χ1v) is 10.5. The summed E-state index contributed by atoms with van der Waals surface area (Å²) in [4.78, 5) is 15.9. The lowest BCUT2D eigenvalue weighted by atomic mass is 10.1. The minimum atomic E-state index is -3.47. The molecule has 0 unspecified atom stereocenters. The molecule has 0 bridgehead atoms. The van der Waals surface area contributed by atoms with Crippen molar-refractivity contribution in [1.29, 1.82) is 0 Å². The molecule has 0 saturated heterocycles. The Morgan fingerprint density at radius 1 is 1.16 bits per heavy atom. The van der Waals surface area contributed by atoms with Gasteiger partial charge in [0, 0.05) is 31.2 Å². The van der Waals surface area contributed by atoms with E-state index in [1.54, 1.807) is 34.9 Å². The molecule has 132 valence electrons. The van der Waals surface area contributed by atoms with Crippen LogP contribution in [0, 0.1) is 0 Å². The van der Waals surface area contributed by atoms with Crippen molar-refractivity contribution in [3.8, 4) is 0 Å². The van der Waals surface area contributed by atoms with E-state index >= 15 is 0 Å². The van der Waals surface area contributed by atoms with Crippen LogP contribution in [0.15, 0.2) is 52.3 Å². The van der Waals surface area contributed by atoms with E-state index in [0.717, 1.165) is 16.1 Å². The van der Waals surface area contributed by atoms with E-state index in [2.05, 4.69) is 0 Å². The third-order valence-corrected chi connectivity index (χ3v) is 6.91. The number of rotatable bonds is 4. The van der Waals surface area contributed by atoms with Crippen molar-refractivity contribution >= 4 is 33.4 Å². The fraction of sp³-hybridized carbons (Fsp3) is 0.278. The number of carbonyl (C=O) groups excluding carboxylic acids is 1. The quantitative estimate of drug-likeness (QED) is 0.770. The number of hydrogen-bond donors (Lipinski definition) is 0. The van der Waals surface area contributed by atoms with Gasteiger partial charge in [-0.1, -0.05) is 12.1 Å². The third kappa shape index (κ3) is 3.19. The standard InChI is InChI=1S/C18H20N2O3S2/c1-19(2)25(22,23)14-8-9-16-13(12-14)10-11-20(16)18(21)15-6-4-5-7-17(15)24-3/h4-9,12H,10-11H2,1-3H3. The van der Waals surface area contributed by atoms with Gasteiger partial charge in [0.25, 0.3) is 5.91 Å². The Morgan fingerprint density at radius 2 is 1.88 bits per heavy atom. The molecule has 7 heteroatoms. The summed E-state index contributed by atoms with van der Waals surface area (Å²) in [6.45, 7) is 0.558. The zero-order valence-corrected chi connectivity index (χ0v) is 16.0. The van der Waals surface area contributed by atoms with Crippen LogP contribution in [0.5, 0.6) is 0 Å². The molecule has 1 amide bonds. The van der Waals surface area contributed by atoms with E-state index < -0.39 is 10.0 Å². The van der Waals surface area contributed by atoms with Crippen molar-refractivity contribution in [1.82, 2.24) is 4.31 Å². The van der Waals surface area contributed by atoms with Gasteiger partial charge in [0.1, 0.15) is 0 Å². The predicted molar refractivity (Wildman–Crippen MR) is 101 cm³/mol. The van der Waals surface area contributed by atoms with Gasteiger partial charge in [-0.3, -0.25) is 4.79 Å². The largest absolute Gasteiger partial charge is 0.308 e. The molecule has 3 rings (SSSR count). The van der Waals surface area contributed by atoms with E-state index in [0.29, 0.717) is 18.5 Å². The molecule has 0 fully saturated rings. The highest BCUT2D eigenvalue weighted by Crippen LogP contribution is 2.33. The molecule has 2 aromatic rings. The van der Waals surface area contributed by atoms with E-state index in [4.69, 9.17) is 0 Å². The summed E-state index contributed by atoms with van der Waals surface area (Å²) in [6, 6.07) is 12.5. The number of anilines is 1. The van der Waals surface area contributed by atoms with Crippen molar-refractivity contribution in [2.75, 3.05) is 31.8 Å². The van der Waals surface area contributed by atoms with Crippen LogP contribution in [0.2, 0.25) is 0 Å². The van der Waals surface area contributed by atoms with Gasteiger partial charge in [0.15, 0.2) is 0 Å². The molecule has 0 aromatic heterocycles. The maximum atomic E-state index is 13.0. The maximum absolute atomic E-state index is 13.0. The predicted octanol–water partition coefficient (Wildman–Crippen LogP) is 2.86. The second-order valence-electron chi connectivity index (χ2n) is 5.99. The Morgan fingerprint density at radius 3 is 2.56 bits per heavy atom. The van der Waals surface area contributed by atoms with Crippen LogP contribution in [0.1, 0.15) is 15.9 Å². The maximum Gasteiger partial charge on any atom is 0.259 e. The normalized spacial score (nSPS) is 14.0. The molecule has 1 heterocycles. The van der Waals surface area contributed by atoms with Gasteiger partial charge in [0.05, 0.1) is 10.5 Å². The second-order valence-corrected chi connectivity index (χ2v) is 8.98. The van der Waals surface area contributed by atoms with Crippen LogP contribution >= 0.6 is 11.8 Å². The third-order valence-electron chi connectivity index (χ3n) is 4.31. The number of nitrogens with zero attached hydrogens (tertiary/aromatic N) is 2. The van der Waals surface area contributed by atoms with Gasteiger partial charge in [-0.2, -0.15) is 0 Å². The molecule has 0 radical (unpaired) electrons. The van der Waals surface area contributed by atoms with Gasteiger partial charge in [0.2, 0.25) is 10.0 Å². The SMILES string of the molecule is CSc1ccccc1C(=O)N1CCc2cc(S(=O)(=O)N(C)C)ccc21. The summed E-state index contributed by atoms with van der Waals surface area (Å²) in [7, 11) is -0.449. The Balaban J connectivity index is 1.97. The summed E-state index contributed by atoms with van der Waals surface area (Å²) in [5, 5.41) is 0. The molecule has 1 aliphatic rings. The van der Waals surface area contributed by atoms with Crippen LogP contribution in [0.3, 0.4) is 0 Å². The number of amides is 1. The number of hydrogen-bond acceptors (Lipinski definition) is 4. The lowest BCUT2D eigenvalue weighted by molar-refractivity contribution is 0.0986. The molecule has 1 aliphatic heterocycles. The highest BCUT2D eigenvalue weighted by molar-refractivity contribution is 7.98. The van der Waals surface area contributed by atoms with Crippen LogP contribution in [0.4, 0.5) is 5.69 Å². The number of thioether (sulfide) groups is 1.